The van der Waals surface area contributed by atoms with Gasteiger partial charge in [-0.05, 0) is 25.3 Å². The minimum atomic E-state index is -0.941. The van der Waals surface area contributed by atoms with E-state index in [1.165, 1.54) is 4.90 Å². The van der Waals surface area contributed by atoms with Crippen molar-refractivity contribution in [2.45, 2.75) is 45.6 Å². The van der Waals surface area contributed by atoms with Crippen LogP contribution in [0.5, 0.6) is 0 Å². The third-order valence-electron chi connectivity index (χ3n) is 3.91. The summed E-state index contributed by atoms with van der Waals surface area (Å²) in [6.45, 7) is 5.78. The summed E-state index contributed by atoms with van der Waals surface area (Å²) in [6, 6.07) is 6.44. The highest BCUT2D eigenvalue weighted by atomic mass is 16.2. The Kier molecular flexibility index (Phi) is 4.40. The first kappa shape index (κ1) is 15.2. The maximum atomic E-state index is 12.6. The van der Waals surface area contributed by atoms with Crippen LogP contribution >= 0.6 is 0 Å². The molecule has 0 spiro atoms. The van der Waals surface area contributed by atoms with E-state index in [4.69, 9.17) is 0 Å². The molecule has 1 N–H and O–H groups in total. The summed E-state index contributed by atoms with van der Waals surface area (Å²) in [5.41, 5.74) is 1.67. The van der Waals surface area contributed by atoms with Gasteiger partial charge in [-0.1, -0.05) is 43.7 Å². The molecule has 1 aromatic rings. The lowest BCUT2D eigenvalue weighted by Gasteiger charge is -2.35. The summed E-state index contributed by atoms with van der Waals surface area (Å²) in [5.74, 6) is -1.92. The molecule has 0 saturated carbocycles. The summed E-state index contributed by atoms with van der Waals surface area (Å²) in [4.78, 5) is 37.9. The van der Waals surface area contributed by atoms with E-state index in [-0.39, 0.29) is 6.04 Å². The number of carbonyl (C=O) groups is 3. The Labute approximate surface area is 124 Å². The lowest BCUT2D eigenvalue weighted by molar-refractivity contribution is -0.140. The van der Waals surface area contributed by atoms with Crippen molar-refractivity contribution in [3.63, 3.8) is 0 Å². The molecule has 0 radical (unpaired) electrons. The molecule has 1 fully saturated rings. The van der Waals surface area contributed by atoms with E-state index in [9.17, 15) is 14.4 Å². The topological polar surface area (TPSA) is 66.5 Å². The molecule has 0 aliphatic carbocycles. The smallest absolute Gasteiger partial charge is 0.277 e. The van der Waals surface area contributed by atoms with Gasteiger partial charge >= 0.3 is 6.03 Å². The quantitative estimate of drug-likeness (QED) is 0.865. The molecule has 0 aromatic heterocycles. The van der Waals surface area contributed by atoms with Gasteiger partial charge in [0, 0.05) is 6.04 Å². The van der Waals surface area contributed by atoms with Gasteiger partial charge in [0.05, 0.1) is 0 Å². The van der Waals surface area contributed by atoms with E-state index in [0.717, 1.165) is 5.56 Å². The number of barbiturate groups is 1. The van der Waals surface area contributed by atoms with Crippen LogP contribution in [0.3, 0.4) is 0 Å². The molecule has 0 bridgehead atoms. The average Bonchev–Trinajstić information content (AvgIpc) is 2.45. The van der Waals surface area contributed by atoms with Gasteiger partial charge in [-0.25, -0.2) is 4.79 Å². The molecule has 2 rings (SSSR count). The van der Waals surface area contributed by atoms with Crippen LogP contribution in [0.25, 0.3) is 0 Å². The number of rotatable bonds is 4. The summed E-state index contributed by atoms with van der Waals surface area (Å²) in [5, 5.41) is 2.30. The summed E-state index contributed by atoms with van der Waals surface area (Å²) in [6.07, 6.45) is 1.34. The first-order valence-electron chi connectivity index (χ1n) is 7.24. The summed E-state index contributed by atoms with van der Waals surface area (Å²) < 4.78 is 0. The molecule has 5 heteroatoms. The number of carbonyl (C=O) groups excluding carboxylic acids is 3. The fourth-order valence-electron chi connectivity index (χ4n) is 2.64. The number of imide groups is 2. The standard InChI is InChI=1S/C16H20N2O3/c1-4-12(5-2)18-15(20)13(14(19)17-16(18)21)11-8-6-10(3)7-9-11/h6-9,12-13H,4-5H2,1-3H3,(H,17,19,21). The van der Waals surface area contributed by atoms with Gasteiger partial charge in [-0.2, -0.15) is 0 Å². The lowest BCUT2D eigenvalue weighted by Crippen LogP contribution is -2.59. The van der Waals surface area contributed by atoms with Crippen molar-refractivity contribution in [3.8, 4) is 0 Å². The Morgan fingerprint density at radius 2 is 1.67 bits per heavy atom. The van der Waals surface area contributed by atoms with Crippen LogP contribution in [0, 0.1) is 6.92 Å². The monoisotopic (exact) mass is 288 g/mol. The van der Waals surface area contributed by atoms with Gasteiger partial charge < -0.3 is 0 Å². The largest absolute Gasteiger partial charge is 0.331 e. The Balaban J connectivity index is 2.37. The second kappa shape index (κ2) is 6.08. The summed E-state index contributed by atoms with van der Waals surface area (Å²) >= 11 is 0. The first-order chi connectivity index (χ1) is 9.99. The van der Waals surface area contributed by atoms with E-state index >= 15 is 0 Å². The van der Waals surface area contributed by atoms with Crippen molar-refractivity contribution in [1.82, 2.24) is 10.2 Å². The molecule has 1 atom stereocenters. The van der Waals surface area contributed by atoms with E-state index in [1.54, 1.807) is 12.1 Å². The molecular formula is C16H20N2O3. The predicted octanol–water partition coefficient (Wildman–Crippen LogP) is 2.35. The zero-order chi connectivity index (χ0) is 15.6. The number of benzene rings is 1. The third kappa shape index (κ3) is 2.82. The number of aryl methyl sites for hydroxylation is 1. The Bertz CT molecular complexity index is 561. The fourth-order valence-corrected chi connectivity index (χ4v) is 2.64. The highest BCUT2D eigenvalue weighted by molar-refractivity contribution is 6.19. The molecule has 21 heavy (non-hydrogen) atoms. The molecule has 1 aliphatic heterocycles. The minimum absolute atomic E-state index is 0.182. The van der Waals surface area contributed by atoms with Gasteiger partial charge in [-0.15, -0.1) is 0 Å². The maximum absolute atomic E-state index is 12.6. The van der Waals surface area contributed by atoms with E-state index in [1.807, 2.05) is 32.9 Å². The molecular weight excluding hydrogens is 268 g/mol. The van der Waals surface area contributed by atoms with Crippen LogP contribution in [0.4, 0.5) is 4.79 Å². The van der Waals surface area contributed by atoms with Gasteiger partial charge in [0.2, 0.25) is 11.8 Å². The lowest BCUT2D eigenvalue weighted by atomic mass is 9.93. The molecule has 1 aliphatic rings. The highest BCUT2D eigenvalue weighted by Crippen LogP contribution is 2.25. The van der Waals surface area contributed by atoms with Crippen LogP contribution in [0.15, 0.2) is 24.3 Å². The molecule has 1 heterocycles. The Morgan fingerprint density at radius 1 is 1.10 bits per heavy atom. The van der Waals surface area contributed by atoms with Gasteiger partial charge in [0.1, 0.15) is 5.92 Å². The number of hydrogen-bond donors (Lipinski definition) is 1. The van der Waals surface area contributed by atoms with Crippen LogP contribution in [0.1, 0.15) is 43.7 Å². The van der Waals surface area contributed by atoms with E-state index in [0.29, 0.717) is 18.4 Å². The number of nitrogens with zero attached hydrogens (tertiary/aromatic N) is 1. The van der Waals surface area contributed by atoms with Crippen molar-refractivity contribution < 1.29 is 14.4 Å². The van der Waals surface area contributed by atoms with Crippen molar-refractivity contribution in [1.29, 1.82) is 0 Å². The molecule has 4 amide bonds. The normalized spacial score (nSPS) is 19.1. The zero-order valence-corrected chi connectivity index (χ0v) is 12.6. The average molecular weight is 288 g/mol. The fraction of sp³-hybridized carbons (Fsp3) is 0.438. The van der Waals surface area contributed by atoms with E-state index in [2.05, 4.69) is 5.32 Å². The van der Waals surface area contributed by atoms with Gasteiger partial charge in [-0.3, -0.25) is 19.8 Å². The Morgan fingerprint density at radius 3 is 2.19 bits per heavy atom. The van der Waals surface area contributed by atoms with Crippen LogP contribution in [-0.4, -0.2) is 28.8 Å². The zero-order valence-electron chi connectivity index (χ0n) is 12.6. The van der Waals surface area contributed by atoms with E-state index < -0.39 is 23.8 Å². The maximum Gasteiger partial charge on any atom is 0.331 e. The Hall–Kier alpha value is -2.17. The number of hydrogen-bond acceptors (Lipinski definition) is 3. The molecule has 1 unspecified atom stereocenters. The number of amides is 4. The number of urea groups is 1. The summed E-state index contributed by atoms with van der Waals surface area (Å²) in [7, 11) is 0. The molecule has 5 nitrogen and oxygen atoms in total. The minimum Gasteiger partial charge on any atom is -0.277 e. The van der Waals surface area contributed by atoms with Gasteiger partial charge in [0.15, 0.2) is 0 Å². The molecule has 112 valence electrons. The molecule has 1 saturated heterocycles. The second-order valence-corrected chi connectivity index (χ2v) is 5.32. The van der Waals surface area contributed by atoms with Gasteiger partial charge in [0.25, 0.3) is 0 Å². The van der Waals surface area contributed by atoms with Crippen LogP contribution in [0.2, 0.25) is 0 Å². The number of nitrogens with one attached hydrogen (secondary N) is 1. The van der Waals surface area contributed by atoms with Crippen LogP contribution < -0.4 is 5.32 Å². The first-order valence-corrected chi connectivity index (χ1v) is 7.24. The van der Waals surface area contributed by atoms with Crippen LogP contribution in [-0.2, 0) is 9.59 Å². The SMILES string of the molecule is CCC(CC)N1C(=O)NC(=O)C(c2ccc(C)cc2)C1=O. The highest BCUT2D eigenvalue weighted by Gasteiger charge is 2.43. The van der Waals surface area contributed by atoms with Crippen molar-refractivity contribution in [2.24, 2.45) is 0 Å². The second-order valence-electron chi connectivity index (χ2n) is 5.32. The predicted molar refractivity (Wildman–Crippen MR) is 78.7 cm³/mol. The van der Waals surface area contributed by atoms with Crippen molar-refractivity contribution in [2.75, 3.05) is 0 Å². The van der Waals surface area contributed by atoms with Crippen molar-refractivity contribution in [3.05, 3.63) is 35.4 Å². The van der Waals surface area contributed by atoms with Crippen molar-refractivity contribution >= 4 is 17.8 Å². The molecule has 1 aromatic carbocycles. The third-order valence-corrected chi connectivity index (χ3v) is 3.91.